The number of nitrogens with one attached hydrogen (secondary N) is 1. The van der Waals surface area contributed by atoms with Gasteiger partial charge in [-0.1, -0.05) is 36.0 Å². The molecular weight excluding hydrogens is 320 g/mol. The standard InChI is InChI=1S/C17H15F2NO2S/c1-22-13-9-6-12(7-10-13)8-11-16(21)20-14-4-2-3-5-15(14)23-17(18)19/h2-11,17H,1H3,(H,20,21)/b11-8+. The second-order valence-corrected chi connectivity index (χ2v) is 5.50. The molecule has 0 atom stereocenters. The van der Waals surface area contributed by atoms with Crippen molar-refractivity contribution in [3.8, 4) is 5.75 Å². The molecule has 2 rings (SSSR count). The fourth-order valence-electron chi connectivity index (χ4n) is 1.83. The third-order valence-corrected chi connectivity index (χ3v) is 3.69. The summed E-state index contributed by atoms with van der Waals surface area (Å²) in [4.78, 5) is 12.3. The van der Waals surface area contributed by atoms with E-state index in [1.165, 1.54) is 6.08 Å². The van der Waals surface area contributed by atoms with E-state index in [1.54, 1.807) is 49.6 Å². The van der Waals surface area contributed by atoms with Gasteiger partial charge in [0.05, 0.1) is 12.8 Å². The highest BCUT2D eigenvalue weighted by molar-refractivity contribution is 7.99. The molecule has 0 heterocycles. The van der Waals surface area contributed by atoms with Crippen molar-refractivity contribution in [2.45, 2.75) is 10.7 Å². The zero-order valence-electron chi connectivity index (χ0n) is 12.3. The summed E-state index contributed by atoms with van der Waals surface area (Å²) in [6.45, 7) is 0. The molecule has 23 heavy (non-hydrogen) atoms. The smallest absolute Gasteiger partial charge is 0.288 e. The van der Waals surface area contributed by atoms with Crippen LogP contribution in [0.2, 0.25) is 0 Å². The Balaban J connectivity index is 2.02. The molecular formula is C17H15F2NO2S. The number of hydrogen-bond donors (Lipinski definition) is 1. The molecule has 1 amide bonds. The molecule has 0 fully saturated rings. The Labute approximate surface area is 137 Å². The molecule has 0 unspecified atom stereocenters. The van der Waals surface area contributed by atoms with E-state index in [0.717, 1.165) is 11.3 Å². The van der Waals surface area contributed by atoms with Crippen LogP contribution in [0, 0.1) is 0 Å². The van der Waals surface area contributed by atoms with E-state index in [2.05, 4.69) is 5.32 Å². The molecule has 0 aliphatic rings. The number of alkyl halides is 2. The van der Waals surface area contributed by atoms with Crippen molar-refractivity contribution in [3.05, 3.63) is 60.2 Å². The van der Waals surface area contributed by atoms with Crippen molar-refractivity contribution in [2.75, 3.05) is 12.4 Å². The van der Waals surface area contributed by atoms with Crippen LogP contribution in [0.25, 0.3) is 6.08 Å². The van der Waals surface area contributed by atoms with Crippen LogP contribution < -0.4 is 10.1 Å². The number of methoxy groups -OCH3 is 1. The van der Waals surface area contributed by atoms with Crippen LogP contribution in [0.3, 0.4) is 0 Å². The maximum atomic E-state index is 12.5. The highest BCUT2D eigenvalue weighted by Crippen LogP contribution is 2.31. The number of anilines is 1. The Bertz CT molecular complexity index is 687. The summed E-state index contributed by atoms with van der Waals surface area (Å²) in [5.74, 6) is -2.20. The average molecular weight is 335 g/mol. The Morgan fingerprint density at radius 3 is 2.52 bits per heavy atom. The van der Waals surface area contributed by atoms with Crippen molar-refractivity contribution >= 4 is 29.4 Å². The summed E-state index contributed by atoms with van der Waals surface area (Å²) in [5.41, 5.74) is 1.19. The van der Waals surface area contributed by atoms with Gasteiger partial charge in [0.2, 0.25) is 5.91 Å². The molecule has 0 spiro atoms. The summed E-state index contributed by atoms with van der Waals surface area (Å²) in [6, 6.07) is 13.6. The van der Waals surface area contributed by atoms with Gasteiger partial charge in [-0.2, -0.15) is 8.78 Å². The first-order chi connectivity index (χ1) is 11.1. The van der Waals surface area contributed by atoms with Gasteiger partial charge in [0.25, 0.3) is 5.76 Å². The molecule has 0 saturated carbocycles. The second kappa shape index (κ2) is 8.33. The third-order valence-electron chi connectivity index (χ3n) is 2.90. The highest BCUT2D eigenvalue weighted by atomic mass is 32.2. The largest absolute Gasteiger partial charge is 0.497 e. The Morgan fingerprint density at radius 1 is 1.17 bits per heavy atom. The maximum Gasteiger partial charge on any atom is 0.288 e. The maximum absolute atomic E-state index is 12.5. The number of carbonyl (C=O) groups excluding carboxylic acids is 1. The van der Waals surface area contributed by atoms with E-state index in [0.29, 0.717) is 22.3 Å². The lowest BCUT2D eigenvalue weighted by Gasteiger charge is -2.08. The van der Waals surface area contributed by atoms with Crippen molar-refractivity contribution in [1.82, 2.24) is 0 Å². The lowest BCUT2D eigenvalue weighted by atomic mass is 10.2. The van der Waals surface area contributed by atoms with Crippen LogP contribution in [0.4, 0.5) is 14.5 Å². The number of benzene rings is 2. The molecule has 2 aromatic carbocycles. The van der Waals surface area contributed by atoms with Crippen LogP contribution >= 0.6 is 11.8 Å². The number of halogens is 2. The number of thioether (sulfide) groups is 1. The van der Waals surface area contributed by atoms with Gasteiger partial charge in [0, 0.05) is 11.0 Å². The van der Waals surface area contributed by atoms with E-state index in [1.807, 2.05) is 12.1 Å². The lowest BCUT2D eigenvalue weighted by molar-refractivity contribution is -0.111. The fraction of sp³-hybridized carbons (Fsp3) is 0.118. The topological polar surface area (TPSA) is 38.3 Å². The summed E-state index contributed by atoms with van der Waals surface area (Å²) in [6.07, 6.45) is 2.99. The molecule has 0 radical (unpaired) electrons. The highest BCUT2D eigenvalue weighted by Gasteiger charge is 2.10. The van der Waals surface area contributed by atoms with Crippen LogP contribution in [0.1, 0.15) is 5.56 Å². The molecule has 6 heteroatoms. The molecule has 2 aromatic rings. The predicted octanol–water partition coefficient (Wildman–Crippen LogP) is 4.66. The lowest BCUT2D eigenvalue weighted by Crippen LogP contribution is -2.08. The molecule has 3 nitrogen and oxygen atoms in total. The molecule has 0 bridgehead atoms. The van der Waals surface area contributed by atoms with E-state index >= 15 is 0 Å². The third kappa shape index (κ3) is 5.41. The van der Waals surface area contributed by atoms with Crippen molar-refractivity contribution in [2.24, 2.45) is 0 Å². The van der Waals surface area contributed by atoms with Crippen LogP contribution in [0.15, 0.2) is 59.5 Å². The van der Waals surface area contributed by atoms with E-state index < -0.39 is 5.76 Å². The van der Waals surface area contributed by atoms with Gasteiger partial charge < -0.3 is 10.1 Å². The summed E-state index contributed by atoms with van der Waals surface area (Å²) >= 11 is 0.400. The van der Waals surface area contributed by atoms with E-state index in [-0.39, 0.29) is 5.91 Å². The molecule has 1 N–H and O–H groups in total. The van der Waals surface area contributed by atoms with Gasteiger partial charge in [-0.05, 0) is 35.9 Å². The zero-order chi connectivity index (χ0) is 16.7. The number of para-hydroxylation sites is 1. The van der Waals surface area contributed by atoms with Gasteiger partial charge in [-0.3, -0.25) is 4.79 Å². The Kier molecular flexibility index (Phi) is 6.17. The molecule has 120 valence electrons. The number of hydrogen-bond acceptors (Lipinski definition) is 3. The van der Waals surface area contributed by atoms with Crippen LogP contribution in [-0.4, -0.2) is 18.8 Å². The molecule has 0 aliphatic carbocycles. The fourth-order valence-corrected chi connectivity index (χ4v) is 2.43. The van der Waals surface area contributed by atoms with Crippen molar-refractivity contribution < 1.29 is 18.3 Å². The first-order valence-electron chi connectivity index (χ1n) is 6.75. The van der Waals surface area contributed by atoms with Crippen molar-refractivity contribution in [3.63, 3.8) is 0 Å². The zero-order valence-corrected chi connectivity index (χ0v) is 13.1. The van der Waals surface area contributed by atoms with Gasteiger partial charge in [-0.15, -0.1) is 0 Å². The van der Waals surface area contributed by atoms with Crippen molar-refractivity contribution in [1.29, 1.82) is 0 Å². The first kappa shape index (κ1) is 17.0. The summed E-state index contributed by atoms with van der Waals surface area (Å²) in [5, 5.41) is 2.60. The number of ether oxygens (including phenoxy) is 1. The van der Waals surface area contributed by atoms with Crippen LogP contribution in [-0.2, 0) is 4.79 Å². The number of carbonyl (C=O) groups is 1. The summed E-state index contributed by atoms with van der Waals surface area (Å²) in [7, 11) is 1.58. The first-order valence-corrected chi connectivity index (χ1v) is 7.63. The normalized spacial score (nSPS) is 11.0. The predicted molar refractivity (Wildman–Crippen MR) is 89.0 cm³/mol. The van der Waals surface area contributed by atoms with Gasteiger partial charge in [-0.25, -0.2) is 0 Å². The minimum Gasteiger partial charge on any atom is -0.497 e. The quantitative estimate of drug-likeness (QED) is 0.616. The van der Waals surface area contributed by atoms with E-state index in [9.17, 15) is 13.6 Å². The SMILES string of the molecule is COc1ccc(/C=C/C(=O)Nc2ccccc2SC(F)F)cc1. The molecule has 0 aromatic heterocycles. The second-order valence-electron chi connectivity index (χ2n) is 4.47. The monoisotopic (exact) mass is 335 g/mol. The molecule has 0 aliphatic heterocycles. The Hall–Kier alpha value is -2.34. The number of rotatable bonds is 6. The molecule has 0 saturated heterocycles. The minimum atomic E-state index is -2.54. The van der Waals surface area contributed by atoms with Gasteiger partial charge in [0.15, 0.2) is 0 Å². The minimum absolute atomic E-state index is 0.327. The van der Waals surface area contributed by atoms with Gasteiger partial charge in [0.1, 0.15) is 5.75 Å². The average Bonchev–Trinajstić information content (AvgIpc) is 2.55. The van der Waals surface area contributed by atoms with E-state index in [4.69, 9.17) is 4.74 Å². The number of amides is 1. The van der Waals surface area contributed by atoms with Crippen LogP contribution in [0.5, 0.6) is 5.75 Å². The Morgan fingerprint density at radius 2 is 1.87 bits per heavy atom. The van der Waals surface area contributed by atoms with Gasteiger partial charge >= 0.3 is 0 Å². The summed E-state index contributed by atoms with van der Waals surface area (Å²) < 4.78 is 30.0.